The predicted molar refractivity (Wildman–Crippen MR) is 210 cm³/mol. The number of urea groups is 1. The van der Waals surface area contributed by atoms with Crippen LogP contribution in [0.25, 0.3) is 11.1 Å². The van der Waals surface area contributed by atoms with Crippen molar-refractivity contribution in [3.8, 4) is 22.6 Å². The van der Waals surface area contributed by atoms with Gasteiger partial charge < -0.3 is 34.7 Å². The van der Waals surface area contributed by atoms with Crippen molar-refractivity contribution in [1.82, 2.24) is 10.2 Å². The third-order valence-corrected chi connectivity index (χ3v) is 10.4. The monoisotopic (exact) mass is 727 g/mol. The normalized spacial score (nSPS) is 21.4. The van der Waals surface area contributed by atoms with E-state index in [1.54, 1.807) is 7.11 Å². The molecule has 0 saturated carbocycles. The van der Waals surface area contributed by atoms with E-state index in [1.807, 2.05) is 78.9 Å². The fourth-order valence-electron chi connectivity index (χ4n) is 7.36. The molecule has 2 fully saturated rings. The molecule has 0 spiro atoms. The minimum atomic E-state index is -0.534. The van der Waals surface area contributed by atoms with E-state index in [2.05, 4.69) is 71.0 Å². The fourth-order valence-corrected chi connectivity index (χ4v) is 7.36. The molecule has 2 heterocycles. The van der Waals surface area contributed by atoms with Crippen LogP contribution in [0.3, 0.4) is 0 Å². The lowest BCUT2D eigenvalue weighted by molar-refractivity contribution is -0.276. The van der Waals surface area contributed by atoms with Crippen molar-refractivity contribution in [2.24, 2.45) is 5.92 Å². The number of carbonyl (C=O) groups is 1. The quantitative estimate of drug-likeness (QED) is 0.111. The summed E-state index contributed by atoms with van der Waals surface area (Å²) < 4.78 is 24.9. The number of methoxy groups -OCH3 is 1. The number of nitrogens with zero attached hydrogens (tertiary/aromatic N) is 1. The molecule has 0 bridgehead atoms. The number of ether oxygens (including phenoxy) is 4. The average molecular weight is 728 g/mol. The Kier molecular flexibility index (Phi) is 12.3. The zero-order chi connectivity index (χ0) is 37.3. The van der Waals surface area contributed by atoms with E-state index in [-0.39, 0.29) is 30.8 Å². The number of hydrogen-bond acceptors (Lipinski definition) is 7. The Balaban J connectivity index is 0.990. The van der Waals surface area contributed by atoms with Gasteiger partial charge in [-0.25, -0.2) is 4.79 Å². The Morgan fingerprint density at radius 2 is 1.56 bits per heavy atom. The molecule has 0 aromatic heterocycles. The van der Waals surface area contributed by atoms with Crippen LogP contribution < -0.4 is 15.4 Å². The molecular formula is C45H49N3O6. The zero-order valence-electron chi connectivity index (χ0n) is 30.9. The van der Waals surface area contributed by atoms with E-state index < -0.39 is 6.29 Å². The van der Waals surface area contributed by atoms with Gasteiger partial charge in [-0.05, 0) is 89.7 Å². The number of anilines is 1. The fraction of sp³-hybridized carbons (Fsp3) is 0.311. The SMILES string of the molecule is COCC1CCCN1CC1OC(c2ccc(-c3cccc(CNC(=O)Nc4ccc(Oc5ccccc5)cc4)c3)cc2)OC(c2ccc(CO)cc2)C1C. The smallest absolute Gasteiger partial charge is 0.319 e. The highest BCUT2D eigenvalue weighted by molar-refractivity contribution is 5.89. The standard InChI is InChI=1S/C45H49N3O6/c1-31-42(28-48-25-7-10-39(48)30-51-2)53-44(54-43(31)35-15-13-32(29-49)14-16-35)36-19-17-34(18-20-36)37-9-6-8-33(26-37)27-46-45(50)47-38-21-23-41(24-22-38)52-40-11-4-3-5-12-40/h3-6,8-9,11-24,26,31,39,42-44,49H,7,10,25,27-30H2,1-2H3,(H2,46,47,50). The van der Waals surface area contributed by atoms with Crippen LogP contribution in [0.5, 0.6) is 11.5 Å². The molecule has 54 heavy (non-hydrogen) atoms. The Morgan fingerprint density at radius 3 is 2.30 bits per heavy atom. The Labute approximate surface area is 317 Å². The van der Waals surface area contributed by atoms with Gasteiger partial charge >= 0.3 is 6.03 Å². The van der Waals surface area contributed by atoms with Crippen LogP contribution >= 0.6 is 0 Å². The summed E-state index contributed by atoms with van der Waals surface area (Å²) >= 11 is 0. The first kappa shape index (κ1) is 37.3. The molecule has 280 valence electrons. The van der Waals surface area contributed by atoms with E-state index in [0.29, 0.717) is 24.0 Å². The molecule has 3 N–H and O–H groups in total. The third kappa shape index (κ3) is 9.36. The summed E-state index contributed by atoms with van der Waals surface area (Å²) in [6.07, 6.45) is 1.55. The van der Waals surface area contributed by atoms with Gasteiger partial charge in [-0.2, -0.15) is 0 Å². The number of carbonyl (C=O) groups excluding carboxylic acids is 1. The molecule has 5 aromatic carbocycles. The highest BCUT2D eigenvalue weighted by Gasteiger charge is 2.40. The van der Waals surface area contributed by atoms with Gasteiger partial charge in [0.1, 0.15) is 11.5 Å². The lowest BCUT2D eigenvalue weighted by Gasteiger charge is -2.43. The first-order chi connectivity index (χ1) is 26.4. The van der Waals surface area contributed by atoms with Crippen LogP contribution in [-0.2, 0) is 27.4 Å². The van der Waals surface area contributed by atoms with Gasteiger partial charge in [-0.15, -0.1) is 0 Å². The summed E-state index contributed by atoms with van der Waals surface area (Å²) in [6.45, 7) is 5.16. The maximum atomic E-state index is 12.7. The number of hydrogen-bond donors (Lipinski definition) is 3. The van der Waals surface area contributed by atoms with Gasteiger partial charge in [0.25, 0.3) is 0 Å². The van der Waals surface area contributed by atoms with E-state index in [1.165, 1.54) is 0 Å². The second-order valence-electron chi connectivity index (χ2n) is 14.1. The van der Waals surface area contributed by atoms with E-state index in [9.17, 15) is 9.90 Å². The largest absolute Gasteiger partial charge is 0.457 e. The van der Waals surface area contributed by atoms with E-state index in [4.69, 9.17) is 18.9 Å². The summed E-state index contributed by atoms with van der Waals surface area (Å²) in [4.78, 5) is 15.2. The second-order valence-corrected chi connectivity index (χ2v) is 14.1. The number of aliphatic hydroxyl groups is 1. The number of nitrogens with one attached hydrogen (secondary N) is 2. The van der Waals surface area contributed by atoms with Crippen LogP contribution in [0, 0.1) is 5.92 Å². The number of benzene rings is 5. The molecule has 5 atom stereocenters. The topological polar surface area (TPSA) is 102 Å². The van der Waals surface area contributed by atoms with Gasteiger partial charge in [0, 0.05) is 43.4 Å². The zero-order valence-corrected chi connectivity index (χ0v) is 30.9. The first-order valence-corrected chi connectivity index (χ1v) is 18.8. The lowest BCUT2D eigenvalue weighted by atomic mass is 9.89. The predicted octanol–water partition coefficient (Wildman–Crippen LogP) is 8.86. The molecule has 9 nitrogen and oxygen atoms in total. The Morgan fingerprint density at radius 1 is 0.815 bits per heavy atom. The summed E-state index contributed by atoms with van der Waals surface area (Å²) in [7, 11) is 1.77. The van der Waals surface area contributed by atoms with Crippen LogP contribution in [0.15, 0.2) is 127 Å². The Hall–Kier alpha value is -5.03. The van der Waals surface area contributed by atoms with Gasteiger partial charge in [0.15, 0.2) is 6.29 Å². The van der Waals surface area contributed by atoms with Crippen LogP contribution in [0.2, 0.25) is 0 Å². The molecule has 2 aliphatic rings. The third-order valence-electron chi connectivity index (χ3n) is 10.4. The average Bonchev–Trinajstić information content (AvgIpc) is 3.65. The second kappa shape index (κ2) is 17.9. The molecule has 2 saturated heterocycles. The number of likely N-dealkylation sites (tertiary alicyclic amines) is 1. The van der Waals surface area contributed by atoms with Crippen molar-refractivity contribution in [3.63, 3.8) is 0 Å². The van der Waals surface area contributed by atoms with E-state index in [0.717, 1.165) is 71.7 Å². The maximum Gasteiger partial charge on any atom is 0.319 e. The van der Waals surface area contributed by atoms with Gasteiger partial charge in [0.05, 0.1) is 25.4 Å². The molecule has 0 radical (unpaired) electrons. The molecule has 0 aliphatic carbocycles. The summed E-state index contributed by atoms with van der Waals surface area (Å²) in [5, 5.41) is 15.5. The molecule has 5 aromatic rings. The molecule has 7 rings (SSSR count). The maximum absolute atomic E-state index is 12.7. The van der Waals surface area contributed by atoms with Crippen LogP contribution in [0.1, 0.15) is 54.4 Å². The van der Waals surface area contributed by atoms with Crippen molar-refractivity contribution >= 4 is 11.7 Å². The summed E-state index contributed by atoms with van der Waals surface area (Å²) in [6, 6.07) is 41.5. The number of amides is 2. The van der Waals surface area contributed by atoms with Crippen molar-refractivity contribution < 1.29 is 28.8 Å². The number of aliphatic hydroxyl groups excluding tert-OH is 1. The molecule has 2 amide bonds. The molecule has 5 unspecified atom stereocenters. The van der Waals surface area contributed by atoms with Crippen molar-refractivity contribution in [3.05, 3.63) is 150 Å². The molecule has 2 aliphatic heterocycles. The Bertz CT molecular complexity index is 1940. The lowest BCUT2D eigenvalue weighted by Crippen LogP contribution is -2.46. The van der Waals surface area contributed by atoms with Gasteiger partial charge in [-0.1, -0.05) is 91.9 Å². The number of rotatable bonds is 13. The van der Waals surface area contributed by atoms with Crippen LogP contribution in [-0.4, -0.2) is 55.0 Å². The summed E-state index contributed by atoms with van der Waals surface area (Å²) in [5.74, 6) is 1.56. The highest BCUT2D eigenvalue weighted by atomic mass is 16.7. The van der Waals surface area contributed by atoms with E-state index >= 15 is 0 Å². The van der Waals surface area contributed by atoms with Crippen molar-refractivity contribution in [2.45, 2.75) is 57.5 Å². The molecule has 9 heteroatoms. The van der Waals surface area contributed by atoms with Crippen molar-refractivity contribution in [1.29, 1.82) is 0 Å². The minimum absolute atomic E-state index is 0.00821. The van der Waals surface area contributed by atoms with Gasteiger partial charge in [-0.3, -0.25) is 4.90 Å². The van der Waals surface area contributed by atoms with Crippen LogP contribution in [0.4, 0.5) is 10.5 Å². The number of para-hydroxylation sites is 1. The van der Waals surface area contributed by atoms with Crippen molar-refractivity contribution in [2.75, 3.05) is 32.1 Å². The minimum Gasteiger partial charge on any atom is -0.457 e. The highest BCUT2D eigenvalue weighted by Crippen LogP contribution is 2.42. The summed E-state index contributed by atoms with van der Waals surface area (Å²) in [5.41, 5.74) is 6.67. The van der Waals surface area contributed by atoms with Gasteiger partial charge in [0.2, 0.25) is 0 Å². The molecular weight excluding hydrogens is 679 g/mol. The first-order valence-electron chi connectivity index (χ1n) is 18.8.